The van der Waals surface area contributed by atoms with E-state index in [1.807, 2.05) is 41.0 Å². The fourth-order valence-corrected chi connectivity index (χ4v) is 4.43. The van der Waals surface area contributed by atoms with Crippen molar-refractivity contribution < 1.29 is 23.5 Å². The number of ether oxygens (including phenoxy) is 4. The van der Waals surface area contributed by atoms with Crippen LogP contribution in [0.25, 0.3) is 11.2 Å². The summed E-state index contributed by atoms with van der Waals surface area (Å²) in [6.07, 6.45) is 2.49. The number of imidazole rings is 1. The molecule has 3 heterocycles. The molecule has 0 saturated carbocycles. The minimum absolute atomic E-state index is 0.266. The number of nitrogens with one attached hydrogen (secondary N) is 1. The van der Waals surface area contributed by atoms with Crippen LogP contribution in [0.4, 0.5) is 5.82 Å². The summed E-state index contributed by atoms with van der Waals surface area (Å²) in [5.41, 5.74) is 8.69. The average molecular weight is 453 g/mol. The minimum atomic E-state index is 0.266. The Morgan fingerprint density at radius 1 is 1.12 bits per heavy atom. The molecule has 2 aromatic heterocycles. The predicted molar refractivity (Wildman–Crippen MR) is 118 cm³/mol. The van der Waals surface area contributed by atoms with E-state index in [0.29, 0.717) is 23.0 Å². The van der Waals surface area contributed by atoms with Crippen molar-refractivity contribution >= 4 is 28.7 Å². The molecule has 0 unspecified atom stereocenters. The highest BCUT2D eigenvalue weighted by Gasteiger charge is 2.21. The lowest BCUT2D eigenvalue weighted by Gasteiger charge is -2.07. The van der Waals surface area contributed by atoms with Crippen molar-refractivity contribution in [1.29, 1.82) is 0 Å². The Morgan fingerprint density at radius 3 is 2.84 bits per heavy atom. The lowest BCUT2D eigenvalue weighted by molar-refractivity contribution is -0.675. The number of benzene rings is 2. The van der Waals surface area contributed by atoms with E-state index in [-0.39, 0.29) is 6.79 Å². The summed E-state index contributed by atoms with van der Waals surface area (Å²) in [5.74, 6) is 3.43. The van der Waals surface area contributed by atoms with Crippen LogP contribution < -0.4 is 29.2 Å². The molecule has 1 aliphatic heterocycles. The van der Waals surface area contributed by atoms with Gasteiger partial charge in [-0.3, -0.25) is 0 Å². The number of hydrogen-bond donors (Lipinski definition) is 2. The molecule has 164 valence electrons. The summed E-state index contributed by atoms with van der Waals surface area (Å²) >= 11 is 1.44. The minimum Gasteiger partial charge on any atom is -0.497 e. The number of anilines is 1. The number of methoxy groups -OCH3 is 2. The van der Waals surface area contributed by atoms with E-state index >= 15 is 0 Å². The molecular weight excluding hydrogens is 430 g/mol. The Morgan fingerprint density at radius 2 is 2.00 bits per heavy atom. The summed E-state index contributed by atoms with van der Waals surface area (Å²) in [6, 6.07) is 11.6. The van der Waals surface area contributed by atoms with Crippen molar-refractivity contribution in [2.75, 3.05) is 26.7 Å². The van der Waals surface area contributed by atoms with Gasteiger partial charge in [-0.2, -0.15) is 0 Å². The molecule has 10 heteroatoms. The van der Waals surface area contributed by atoms with E-state index in [4.69, 9.17) is 29.7 Å². The van der Waals surface area contributed by atoms with Crippen molar-refractivity contribution in [1.82, 2.24) is 15.0 Å². The largest absolute Gasteiger partial charge is 0.497 e. The Hall–Kier alpha value is -3.66. The number of aromatic amines is 1. The van der Waals surface area contributed by atoms with Crippen LogP contribution in [0.3, 0.4) is 0 Å². The molecule has 3 N–H and O–H groups in total. The Balaban J connectivity index is 1.41. The van der Waals surface area contributed by atoms with Crippen LogP contribution in [-0.4, -0.2) is 36.0 Å². The quantitative estimate of drug-likeness (QED) is 0.412. The third kappa shape index (κ3) is 3.84. The maximum Gasteiger partial charge on any atom is 0.294 e. The zero-order valence-electron chi connectivity index (χ0n) is 17.6. The second-order valence-corrected chi connectivity index (χ2v) is 8.15. The molecule has 0 aliphatic carbocycles. The van der Waals surface area contributed by atoms with Crippen LogP contribution in [0, 0.1) is 0 Å². The molecule has 5 rings (SSSR count). The van der Waals surface area contributed by atoms with Gasteiger partial charge in [0.2, 0.25) is 24.1 Å². The van der Waals surface area contributed by atoms with Gasteiger partial charge in [0.1, 0.15) is 11.5 Å². The fourth-order valence-electron chi connectivity index (χ4n) is 3.51. The van der Waals surface area contributed by atoms with E-state index < -0.39 is 0 Å². The number of fused-ring (bicyclic) bond motifs is 2. The number of rotatable bonds is 7. The molecule has 2 aromatic carbocycles. The zero-order chi connectivity index (χ0) is 22.1. The Kier molecular flexibility index (Phi) is 5.36. The second kappa shape index (κ2) is 8.46. The van der Waals surface area contributed by atoms with Crippen LogP contribution in [0.2, 0.25) is 0 Å². The van der Waals surface area contributed by atoms with Crippen molar-refractivity contribution in [3.63, 3.8) is 0 Å². The van der Waals surface area contributed by atoms with E-state index in [2.05, 4.69) is 9.97 Å². The summed E-state index contributed by atoms with van der Waals surface area (Å²) in [7, 11) is 3.27. The number of H-pyrrole nitrogens is 1. The first-order valence-corrected chi connectivity index (χ1v) is 10.8. The summed E-state index contributed by atoms with van der Waals surface area (Å²) in [4.78, 5) is 13.3. The average Bonchev–Trinajstić information content (AvgIpc) is 3.45. The van der Waals surface area contributed by atoms with Gasteiger partial charge in [0.05, 0.1) is 25.7 Å². The van der Waals surface area contributed by atoms with E-state index in [9.17, 15) is 0 Å². The van der Waals surface area contributed by atoms with Crippen molar-refractivity contribution in [2.24, 2.45) is 0 Å². The maximum absolute atomic E-state index is 6.12. The number of nitrogen functional groups attached to an aromatic ring is 1. The van der Waals surface area contributed by atoms with E-state index in [1.165, 1.54) is 11.8 Å². The summed E-state index contributed by atoms with van der Waals surface area (Å²) in [5, 5.41) is 0.683. The first kappa shape index (κ1) is 20.3. The predicted octanol–water partition coefficient (Wildman–Crippen LogP) is 2.97. The fraction of sp³-hybridized carbons (Fsp3) is 0.227. The molecule has 0 radical (unpaired) electrons. The van der Waals surface area contributed by atoms with Crippen LogP contribution in [0.15, 0.2) is 52.8 Å². The van der Waals surface area contributed by atoms with Gasteiger partial charge in [0, 0.05) is 6.42 Å². The van der Waals surface area contributed by atoms with Crippen molar-refractivity contribution in [2.45, 2.75) is 23.0 Å². The molecular formula is C22H22N5O4S+. The molecule has 0 spiro atoms. The Labute approximate surface area is 188 Å². The molecule has 0 bridgehead atoms. The SMILES string of the molecule is COc1ccc(OC)c(Sc2nc3c([nH]2)c(N)nc[n+]3CCc2ccc3c(c2)OCO3)c1. The number of aromatic nitrogens is 4. The molecule has 0 fully saturated rings. The van der Waals surface area contributed by atoms with Gasteiger partial charge in [-0.1, -0.05) is 16.0 Å². The third-order valence-electron chi connectivity index (χ3n) is 5.18. The summed E-state index contributed by atoms with van der Waals surface area (Å²) in [6.45, 7) is 0.947. The lowest BCUT2D eigenvalue weighted by atomic mass is 10.1. The van der Waals surface area contributed by atoms with Gasteiger partial charge in [-0.25, -0.2) is 4.57 Å². The van der Waals surface area contributed by atoms with E-state index in [1.54, 1.807) is 20.5 Å². The Bertz CT molecular complexity index is 1290. The van der Waals surface area contributed by atoms with E-state index in [0.717, 1.165) is 45.5 Å². The third-order valence-corrected chi connectivity index (χ3v) is 6.11. The van der Waals surface area contributed by atoms with Crippen LogP contribution >= 0.6 is 11.8 Å². The normalized spacial score (nSPS) is 12.3. The van der Waals surface area contributed by atoms with Gasteiger partial charge in [-0.15, -0.1) is 0 Å². The molecule has 32 heavy (non-hydrogen) atoms. The van der Waals surface area contributed by atoms with Gasteiger partial charge >= 0.3 is 0 Å². The maximum atomic E-state index is 6.12. The first-order valence-electron chi connectivity index (χ1n) is 9.96. The highest BCUT2D eigenvalue weighted by molar-refractivity contribution is 7.99. The number of nitrogens with two attached hydrogens (primary N) is 1. The summed E-state index contributed by atoms with van der Waals surface area (Å²) < 4.78 is 23.7. The highest BCUT2D eigenvalue weighted by atomic mass is 32.2. The van der Waals surface area contributed by atoms with Crippen molar-refractivity contribution in [3.05, 3.63) is 48.3 Å². The first-order chi connectivity index (χ1) is 15.6. The number of nitrogens with zero attached hydrogens (tertiary/aromatic N) is 3. The van der Waals surface area contributed by atoms with Crippen molar-refractivity contribution in [3.8, 4) is 23.0 Å². The molecule has 0 amide bonds. The standard InChI is InChI=1S/C22H21N5O4S/c1-28-14-4-6-16(29-2)18(10-14)32-22-25-19-20(23)24-11-27(21(19)26-22)8-7-13-3-5-15-17(9-13)31-12-30-15/h3-6,9-11H,7-8,12H2,1-2H3,(H2,23,25,26)/p+1. The smallest absolute Gasteiger partial charge is 0.294 e. The van der Waals surface area contributed by atoms with Gasteiger partial charge in [0.25, 0.3) is 5.65 Å². The lowest BCUT2D eigenvalue weighted by Crippen LogP contribution is -2.36. The monoisotopic (exact) mass is 452 g/mol. The number of hydrogen-bond acceptors (Lipinski definition) is 8. The molecule has 4 aromatic rings. The zero-order valence-corrected chi connectivity index (χ0v) is 18.4. The van der Waals surface area contributed by atoms with Crippen LogP contribution in [-0.2, 0) is 13.0 Å². The van der Waals surface area contributed by atoms with Gasteiger partial charge in [0.15, 0.2) is 17.0 Å². The van der Waals surface area contributed by atoms with Gasteiger partial charge < -0.3 is 29.7 Å². The topological polar surface area (TPSA) is 108 Å². The van der Waals surface area contributed by atoms with Crippen LogP contribution in [0.1, 0.15) is 5.56 Å². The molecule has 0 saturated heterocycles. The van der Waals surface area contributed by atoms with Crippen LogP contribution in [0.5, 0.6) is 23.0 Å². The highest BCUT2D eigenvalue weighted by Crippen LogP contribution is 2.37. The molecule has 1 aliphatic rings. The number of aryl methyl sites for hydroxylation is 2. The molecule has 0 atom stereocenters. The second-order valence-electron chi connectivity index (χ2n) is 7.12. The van der Waals surface area contributed by atoms with Gasteiger partial charge in [-0.05, 0) is 47.7 Å². The molecule has 9 nitrogen and oxygen atoms in total.